The molecule has 2 heterocycles. The minimum atomic E-state index is -1.51. The maximum absolute atomic E-state index is 3.64. The van der Waals surface area contributed by atoms with E-state index in [0.717, 1.165) is 0 Å². The Kier molecular flexibility index (Phi) is 6.76. The summed E-state index contributed by atoms with van der Waals surface area (Å²) in [4.78, 5) is 9.31. The molecular weight excluding hydrogens is 550 g/mol. The van der Waals surface area contributed by atoms with Crippen LogP contribution >= 0.6 is 0 Å². The van der Waals surface area contributed by atoms with Crippen LogP contribution < -0.4 is 0 Å². The Morgan fingerprint density at radius 2 is 0.969 bits per heavy atom. The topological polar surface area (TPSA) is 0 Å². The van der Waals surface area contributed by atoms with Crippen molar-refractivity contribution >= 4 is 55.9 Å². The van der Waals surface area contributed by atoms with E-state index in [1.165, 1.54) is 44.2 Å². The molecule has 160 valence electrons. The van der Waals surface area contributed by atoms with Gasteiger partial charge in [-0.05, 0) is 0 Å². The zero-order valence-electron chi connectivity index (χ0n) is 19.6. The number of fused-ring (bicyclic) bond motifs is 1. The monoisotopic (exact) mass is 580 g/mol. The van der Waals surface area contributed by atoms with E-state index >= 15 is 0 Å². The SMILES string of the molecule is C[Si](C)(C)C#Cc1c(-c2cc[se]c2)ccc2c(C#C[Si](C)(C)C)c(-c3cc[se]c3)ccc12. The van der Waals surface area contributed by atoms with Gasteiger partial charge in [-0.3, -0.25) is 0 Å². The van der Waals surface area contributed by atoms with E-state index in [2.05, 4.69) is 118 Å². The molecule has 0 amide bonds. The fraction of sp³-hybridized carbons (Fsp3) is 0.214. The molecule has 4 aromatic rings. The van der Waals surface area contributed by atoms with Crippen molar-refractivity contribution in [3.63, 3.8) is 0 Å². The van der Waals surface area contributed by atoms with Gasteiger partial charge in [-0.2, -0.15) is 0 Å². The van der Waals surface area contributed by atoms with Crippen LogP contribution in [-0.2, 0) is 0 Å². The van der Waals surface area contributed by atoms with Gasteiger partial charge < -0.3 is 0 Å². The van der Waals surface area contributed by atoms with Gasteiger partial charge in [-0.15, -0.1) is 0 Å². The number of rotatable bonds is 2. The first-order valence-corrected chi connectivity index (χ1v) is 21.8. The van der Waals surface area contributed by atoms with Crippen LogP contribution in [0.4, 0.5) is 0 Å². The van der Waals surface area contributed by atoms with E-state index in [-0.39, 0.29) is 0 Å². The number of benzene rings is 2. The summed E-state index contributed by atoms with van der Waals surface area (Å²) in [7, 11) is -3.02. The van der Waals surface area contributed by atoms with Gasteiger partial charge in [0.2, 0.25) is 0 Å². The van der Waals surface area contributed by atoms with Crippen molar-refractivity contribution in [3.05, 3.63) is 67.3 Å². The molecule has 0 saturated carbocycles. The fourth-order valence-electron chi connectivity index (χ4n) is 3.49. The summed E-state index contributed by atoms with van der Waals surface area (Å²) in [5.74, 6) is 7.28. The Labute approximate surface area is 206 Å². The van der Waals surface area contributed by atoms with Gasteiger partial charge in [-0.1, -0.05) is 0 Å². The number of hydrogen-bond donors (Lipinski definition) is 0. The average molecular weight is 579 g/mol. The Hall–Kier alpha value is -1.75. The van der Waals surface area contributed by atoms with E-state index in [1.807, 2.05) is 0 Å². The van der Waals surface area contributed by atoms with E-state index < -0.39 is 16.1 Å². The van der Waals surface area contributed by atoms with Gasteiger partial charge in [-0.25, -0.2) is 0 Å². The van der Waals surface area contributed by atoms with Crippen LogP contribution in [-0.4, -0.2) is 45.2 Å². The fourth-order valence-corrected chi connectivity index (χ4v) is 7.24. The van der Waals surface area contributed by atoms with Gasteiger partial charge in [0.05, 0.1) is 0 Å². The molecule has 0 radical (unpaired) electrons. The van der Waals surface area contributed by atoms with Crippen LogP contribution in [0, 0.1) is 22.9 Å². The van der Waals surface area contributed by atoms with Gasteiger partial charge in [0, 0.05) is 0 Å². The van der Waals surface area contributed by atoms with E-state index in [0.29, 0.717) is 29.0 Å². The molecule has 0 spiro atoms. The molecule has 0 saturated heterocycles. The molecule has 4 heteroatoms. The van der Waals surface area contributed by atoms with E-state index in [4.69, 9.17) is 0 Å². The summed E-state index contributed by atoms with van der Waals surface area (Å²) in [6.45, 7) is 13.9. The summed E-state index contributed by atoms with van der Waals surface area (Å²) in [5, 5.41) is 2.47. The molecule has 0 fully saturated rings. The van der Waals surface area contributed by atoms with E-state index in [9.17, 15) is 0 Å². The third-order valence-corrected chi connectivity index (χ3v) is 9.61. The molecule has 0 nitrogen and oxygen atoms in total. The van der Waals surface area contributed by atoms with Crippen LogP contribution in [0.25, 0.3) is 33.0 Å². The Bertz CT molecular complexity index is 1260. The summed E-state index contributed by atoms with van der Waals surface area (Å²) < 4.78 is 0. The zero-order valence-corrected chi connectivity index (χ0v) is 25.0. The molecule has 0 aliphatic rings. The maximum atomic E-state index is 3.64. The van der Waals surface area contributed by atoms with Gasteiger partial charge in [0.15, 0.2) is 0 Å². The van der Waals surface area contributed by atoms with Gasteiger partial charge in [0.1, 0.15) is 0 Å². The van der Waals surface area contributed by atoms with Crippen molar-refractivity contribution < 1.29 is 0 Å². The minimum absolute atomic E-state index is 0.453. The quantitative estimate of drug-likeness (QED) is 0.183. The normalized spacial score (nSPS) is 11.6. The van der Waals surface area contributed by atoms with Crippen LogP contribution in [0.15, 0.2) is 56.2 Å². The van der Waals surface area contributed by atoms with Crippen LogP contribution in [0.3, 0.4) is 0 Å². The molecule has 0 aliphatic heterocycles. The molecule has 4 rings (SSSR count). The summed E-state index contributed by atoms with van der Waals surface area (Å²) in [6, 6.07) is 13.6. The molecule has 0 atom stereocenters. The molecule has 2 aromatic heterocycles. The first-order chi connectivity index (χ1) is 15.1. The summed E-state index contributed by atoms with van der Waals surface area (Å²) in [5.41, 5.74) is 14.8. The molecule has 0 aliphatic carbocycles. The van der Waals surface area contributed by atoms with Crippen molar-refractivity contribution in [2.75, 3.05) is 0 Å². The van der Waals surface area contributed by atoms with Gasteiger partial charge in [0.25, 0.3) is 0 Å². The molecule has 32 heavy (non-hydrogen) atoms. The van der Waals surface area contributed by atoms with E-state index in [1.54, 1.807) is 0 Å². The average Bonchev–Trinajstić information content (AvgIpc) is 3.42. The van der Waals surface area contributed by atoms with Crippen molar-refractivity contribution in [1.29, 1.82) is 0 Å². The Morgan fingerprint density at radius 1 is 0.562 bits per heavy atom. The Morgan fingerprint density at radius 3 is 1.28 bits per heavy atom. The molecule has 2 aromatic carbocycles. The van der Waals surface area contributed by atoms with Crippen LogP contribution in [0.2, 0.25) is 39.3 Å². The molecule has 0 unspecified atom stereocenters. The predicted molar refractivity (Wildman–Crippen MR) is 149 cm³/mol. The zero-order chi connectivity index (χ0) is 22.9. The second-order valence-electron chi connectivity index (χ2n) is 10.1. The summed E-state index contributed by atoms with van der Waals surface area (Å²) in [6.07, 6.45) is 0. The second kappa shape index (κ2) is 9.25. The molecule has 0 N–H and O–H groups in total. The molecule has 0 bridgehead atoms. The van der Waals surface area contributed by atoms with Crippen molar-refractivity contribution in [1.82, 2.24) is 0 Å². The predicted octanol–water partition coefficient (Wildman–Crippen LogP) is 6.75. The third kappa shape index (κ3) is 5.41. The third-order valence-electron chi connectivity index (χ3n) is 4.99. The molecular formula is C28H28Se2Si2. The number of hydrogen-bond acceptors (Lipinski definition) is 0. The standard InChI is InChI=1S/C28H28Se2Si2/c1-31(2,3)17-13-27-23(21-11-15-29-19-21)7-10-26-25(27)9-8-24(22-12-16-30-20-22)28(26)14-18-32(4,5)6/h7-12,15-16,19-20H,1-6H3. The second-order valence-corrected chi connectivity index (χ2v) is 22.9. The van der Waals surface area contributed by atoms with Crippen molar-refractivity contribution in [3.8, 4) is 45.2 Å². The summed E-state index contributed by atoms with van der Waals surface area (Å²) >= 11 is 0.906. The van der Waals surface area contributed by atoms with Gasteiger partial charge >= 0.3 is 208 Å². The van der Waals surface area contributed by atoms with Crippen molar-refractivity contribution in [2.45, 2.75) is 39.3 Å². The van der Waals surface area contributed by atoms with Crippen LogP contribution in [0.5, 0.6) is 0 Å². The van der Waals surface area contributed by atoms with Crippen LogP contribution in [0.1, 0.15) is 11.1 Å². The Balaban J connectivity index is 2.07. The first-order valence-electron chi connectivity index (χ1n) is 10.8. The first kappa shape index (κ1) is 23.4. The van der Waals surface area contributed by atoms with Crippen molar-refractivity contribution in [2.24, 2.45) is 0 Å².